The number of anilines is 1. The second-order valence-electron chi connectivity index (χ2n) is 3.83. The molecule has 0 fully saturated rings. The number of thiophene rings is 1. The highest BCUT2D eigenvalue weighted by molar-refractivity contribution is 7.16. The first-order chi connectivity index (χ1) is 8.70. The maximum Gasteiger partial charge on any atom is 0.293 e. The van der Waals surface area contributed by atoms with Crippen molar-refractivity contribution in [2.24, 2.45) is 0 Å². The molecule has 2 aromatic rings. The molecule has 0 bridgehead atoms. The van der Waals surface area contributed by atoms with Gasteiger partial charge in [-0.2, -0.15) is 0 Å². The van der Waals surface area contributed by atoms with Gasteiger partial charge < -0.3 is 9.88 Å². The molecule has 0 aromatic carbocycles. The molecule has 96 valence electrons. The molecule has 2 rings (SSSR count). The van der Waals surface area contributed by atoms with E-state index in [2.05, 4.69) is 10.3 Å². The highest BCUT2D eigenvalue weighted by Gasteiger charge is 2.04. The number of rotatable bonds is 5. The van der Waals surface area contributed by atoms with Crippen LogP contribution in [-0.2, 0) is 13.1 Å². The van der Waals surface area contributed by atoms with E-state index in [9.17, 15) is 4.79 Å². The van der Waals surface area contributed by atoms with Gasteiger partial charge in [0.05, 0.1) is 10.9 Å². The summed E-state index contributed by atoms with van der Waals surface area (Å²) in [5.41, 5.74) is -0.0815. The van der Waals surface area contributed by atoms with E-state index >= 15 is 0 Å². The average Bonchev–Trinajstić information content (AvgIpc) is 2.77. The van der Waals surface area contributed by atoms with Crippen LogP contribution in [0.5, 0.6) is 0 Å². The smallest absolute Gasteiger partial charge is 0.293 e. The van der Waals surface area contributed by atoms with Crippen LogP contribution in [0.25, 0.3) is 0 Å². The Hall–Kier alpha value is -1.33. The first kappa shape index (κ1) is 13.1. The monoisotopic (exact) mass is 283 g/mol. The van der Waals surface area contributed by atoms with Crippen LogP contribution in [0, 0.1) is 0 Å². The molecule has 2 aromatic heterocycles. The van der Waals surface area contributed by atoms with Crippen LogP contribution in [0.2, 0.25) is 4.34 Å². The lowest BCUT2D eigenvalue weighted by atomic mass is 10.4. The highest BCUT2D eigenvalue weighted by Crippen LogP contribution is 2.21. The maximum atomic E-state index is 12.0. The van der Waals surface area contributed by atoms with Crippen molar-refractivity contribution < 1.29 is 0 Å². The van der Waals surface area contributed by atoms with Crippen molar-refractivity contribution in [3.63, 3.8) is 0 Å². The predicted molar refractivity (Wildman–Crippen MR) is 75.4 cm³/mol. The largest absolute Gasteiger partial charge is 0.361 e. The third kappa shape index (κ3) is 3.11. The summed E-state index contributed by atoms with van der Waals surface area (Å²) < 4.78 is 2.41. The fourth-order valence-electron chi connectivity index (χ4n) is 1.60. The SMILES string of the molecule is CCCn1ccnc(NCc2ccc(Cl)s2)c1=O. The van der Waals surface area contributed by atoms with Gasteiger partial charge in [-0.3, -0.25) is 4.79 Å². The normalized spacial score (nSPS) is 10.6. The van der Waals surface area contributed by atoms with Gasteiger partial charge in [-0.15, -0.1) is 11.3 Å². The Morgan fingerprint density at radius 1 is 1.50 bits per heavy atom. The molecule has 0 aliphatic rings. The van der Waals surface area contributed by atoms with Crippen LogP contribution in [0.1, 0.15) is 18.2 Å². The maximum absolute atomic E-state index is 12.0. The van der Waals surface area contributed by atoms with E-state index in [1.165, 1.54) is 11.3 Å². The minimum absolute atomic E-state index is 0.0815. The minimum atomic E-state index is -0.0815. The van der Waals surface area contributed by atoms with Crippen molar-refractivity contribution in [2.45, 2.75) is 26.4 Å². The molecule has 1 N–H and O–H groups in total. The summed E-state index contributed by atoms with van der Waals surface area (Å²) >= 11 is 7.34. The fourth-order valence-corrected chi connectivity index (χ4v) is 2.63. The summed E-state index contributed by atoms with van der Waals surface area (Å²) in [4.78, 5) is 17.1. The van der Waals surface area contributed by atoms with Gasteiger partial charge in [0.1, 0.15) is 0 Å². The second-order valence-corrected chi connectivity index (χ2v) is 5.63. The number of aryl methyl sites for hydroxylation is 1. The quantitative estimate of drug-likeness (QED) is 0.918. The number of aromatic nitrogens is 2. The summed E-state index contributed by atoms with van der Waals surface area (Å²) in [6, 6.07) is 3.78. The summed E-state index contributed by atoms with van der Waals surface area (Å²) in [5.74, 6) is 0.385. The molecule has 0 radical (unpaired) electrons. The van der Waals surface area contributed by atoms with Crippen molar-refractivity contribution in [3.8, 4) is 0 Å². The number of hydrogen-bond donors (Lipinski definition) is 1. The molecule has 0 aliphatic heterocycles. The highest BCUT2D eigenvalue weighted by atomic mass is 35.5. The van der Waals surface area contributed by atoms with E-state index in [1.54, 1.807) is 17.0 Å². The molecule has 0 aliphatic carbocycles. The number of halogens is 1. The standard InChI is InChI=1S/C12H14ClN3OS/c1-2-6-16-7-5-14-11(12(16)17)15-8-9-3-4-10(13)18-9/h3-5,7H,2,6,8H2,1H3,(H,14,15). The van der Waals surface area contributed by atoms with Crippen LogP contribution in [0.15, 0.2) is 29.3 Å². The number of hydrogen-bond acceptors (Lipinski definition) is 4. The molecule has 6 heteroatoms. The summed E-state index contributed by atoms with van der Waals surface area (Å²) in [6.45, 7) is 3.31. The van der Waals surface area contributed by atoms with E-state index in [-0.39, 0.29) is 5.56 Å². The average molecular weight is 284 g/mol. The van der Waals surface area contributed by atoms with E-state index in [4.69, 9.17) is 11.6 Å². The van der Waals surface area contributed by atoms with E-state index in [1.807, 2.05) is 19.1 Å². The number of nitrogens with one attached hydrogen (secondary N) is 1. The van der Waals surface area contributed by atoms with Crippen molar-refractivity contribution in [1.82, 2.24) is 9.55 Å². The van der Waals surface area contributed by atoms with Crippen LogP contribution in [-0.4, -0.2) is 9.55 Å². The third-order valence-corrected chi connectivity index (χ3v) is 3.67. The van der Waals surface area contributed by atoms with Gasteiger partial charge in [0.2, 0.25) is 0 Å². The molecule has 2 heterocycles. The van der Waals surface area contributed by atoms with Gasteiger partial charge in [0.25, 0.3) is 5.56 Å². The van der Waals surface area contributed by atoms with Crippen molar-refractivity contribution in [1.29, 1.82) is 0 Å². The van der Waals surface area contributed by atoms with Crippen LogP contribution in [0.4, 0.5) is 5.82 Å². The van der Waals surface area contributed by atoms with Crippen molar-refractivity contribution in [3.05, 3.63) is 44.1 Å². The molecule has 0 saturated carbocycles. The van der Waals surface area contributed by atoms with E-state index < -0.39 is 0 Å². The van der Waals surface area contributed by atoms with Gasteiger partial charge in [0.15, 0.2) is 5.82 Å². The fraction of sp³-hybridized carbons (Fsp3) is 0.333. The second kappa shape index (κ2) is 6.02. The summed E-state index contributed by atoms with van der Waals surface area (Å²) in [6.07, 6.45) is 4.27. The molecule has 0 atom stereocenters. The molecule has 0 saturated heterocycles. The van der Waals surface area contributed by atoms with Crippen molar-refractivity contribution >= 4 is 28.8 Å². The Morgan fingerprint density at radius 2 is 2.33 bits per heavy atom. The zero-order valence-corrected chi connectivity index (χ0v) is 11.6. The molecule has 4 nitrogen and oxygen atoms in total. The van der Waals surface area contributed by atoms with E-state index in [0.717, 1.165) is 15.6 Å². The summed E-state index contributed by atoms with van der Waals surface area (Å²) in [5, 5.41) is 3.05. The lowest BCUT2D eigenvalue weighted by molar-refractivity contribution is 0.649. The molecule has 18 heavy (non-hydrogen) atoms. The number of nitrogens with zero attached hydrogens (tertiary/aromatic N) is 2. The Bertz CT molecular complexity index is 579. The van der Waals surface area contributed by atoms with Crippen molar-refractivity contribution in [2.75, 3.05) is 5.32 Å². The molecule has 0 spiro atoms. The van der Waals surface area contributed by atoms with E-state index in [0.29, 0.717) is 18.9 Å². The Labute approximate surface area is 114 Å². The first-order valence-electron chi connectivity index (χ1n) is 5.74. The Morgan fingerprint density at radius 3 is 3.00 bits per heavy atom. The van der Waals surface area contributed by atoms with Gasteiger partial charge in [0, 0.05) is 23.8 Å². The minimum Gasteiger partial charge on any atom is -0.361 e. The Balaban J connectivity index is 2.09. The predicted octanol–water partition coefficient (Wildman–Crippen LogP) is 2.98. The molecule has 0 amide bonds. The lowest BCUT2D eigenvalue weighted by Gasteiger charge is -2.07. The zero-order valence-electron chi connectivity index (χ0n) is 10.0. The van der Waals surface area contributed by atoms with Gasteiger partial charge in [-0.25, -0.2) is 4.98 Å². The van der Waals surface area contributed by atoms with Gasteiger partial charge in [-0.05, 0) is 18.6 Å². The Kier molecular flexibility index (Phi) is 4.38. The summed E-state index contributed by atoms with van der Waals surface area (Å²) in [7, 11) is 0. The lowest BCUT2D eigenvalue weighted by Crippen LogP contribution is -2.24. The topological polar surface area (TPSA) is 46.9 Å². The molecular weight excluding hydrogens is 270 g/mol. The first-order valence-corrected chi connectivity index (χ1v) is 6.93. The zero-order chi connectivity index (χ0) is 13.0. The molecular formula is C12H14ClN3OS. The van der Waals surface area contributed by atoms with Gasteiger partial charge >= 0.3 is 0 Å². The van der Waals surface area contributed by atoms with Crippen LogP contribution in [0.3, 0.4) is 0 Å². The molecule has 0 unspecified atom stereocenters. The van der Waals surface area contributed by atoms with Crippen LogP contribution >= 0.6 is 22.9 Å². The van der Waals surface area contributed by atoms with Crippen LogP contribution < -0.4 is 10.9 Å². The third-order valence-electron chi connectivity index (χ3n) is 2.44. The van der Waals surface area contributed by atoms with Gasteiger partial charge in [-0.1, -0.05) is 18.5 Å².